The summed E-state index contributed by atoms with van der Waals surface area (Å²) in [5, 5.41) is 0. The smallest absolute Gasteiger partial charge is 0.198 e. The van der Waals surface area contributed by atoms with Gasteiger partial charge in [0.15, 0.2) is 46.5 Å². The summed E-state index contributed by atoms with van der Waals surface area (Å²) in [5.74, 6) is -17.0. The molecular weight excluding hydrogens is 296 g/mol. The van der Waals surface area contributed by atoms with E-state index in [-0.39, 0.29) is 0 Å². The summed E-state index contributed by atoms with van der Waals surface area (Å²) in [6.07, 6.45) is 0. The monoisotopic (exact) mass is 296 g/mol. The Bertz CT molecular complexity index is 645. The molecule has 0 fully saturated rings. The van der Waals surface area contributed by atoms with E-state index < -0.39 is 68.8 Å². The van der Waals surface area contributed by atoms with E-state index in [1.807, 2.05) is 0 Å². The van der Waals surface area contributed by atoms with Crippen molar-refractivity contribution in [2.45, 2.75) is 0 Å². The van der Waals surface area contributed by atoms with Crippen molar-refractivity contribution in [2.75, 3.05) is 0 Å². The van der Waals surface area contributed by atoms with E-state index in [0.717, 1.165) is 0 Å². The zero-order valence-corrected chi connectivity index (χ0v) is 9.02. The fraction of sp³-hybridized carbons (Fsp3) is 0. The van der Waals surface area contributed by atoms with Gasteiger partial charge in [-0.05, 0) is 0 Å². The van der Waals surface area contributed by atoms with Crippen LogP contribution in [0, 0.1) is 46.5 Å². The molecule has 0 saturated heterocycles. The van der Waals surface area contributed by atoms with Gasteiger partial charge in [0.2, 0.25) is 0 Å². The molecule has 0 radical (unpaired) electrons. The number of hydrogen-bond donors (Lipinski definition) is 0. The summed E-state index contributed by atoms with van der Waals surface area (Å²) < 4.78 is 106. The molecule has 0 bridgehead atoms. The Morgan fingerprint density at radius 2 is 0.400 bits per heavy atom. The van der Waals surface area contributed by atoms with Gasteiger partial charge in [-0.3, -0.25) is 0 Å². The van der Waals surface area contributed by atoms with E-state index in [1.165, 1.54) is 0 Å². The number of hydrogen-bond acceptors (Lipinski definition) is 0. The summed E-state index contributed by atoms with van der Waals surface area (Å²) in [6.45, 7) is 0. The zero-order valence-electron chi connectivity index (χ0n) is 9.02. The average molecular weight is 296 g/mol. The first-order valence-electron chi connectivity index (χ1n) is 5.01. The average Bonchev–Trinajstić information content (AvgIpc) is 2.39. The summed E-state index contributed by atoms with van der Waals surface area (Å²) >= 11 is 0. The molecule has 0 unspecified atom stereocenters. The summed E-state index contributed by atoms with van der Waals surface area (Å²) in [5.41, 5.74) is -4.64. The predicted molar refractivity (Wildman–Crippen MR) is 50.5 cm³/mol. The summed E-state index contributed by atoms with van der Waals surface area (Å²) in [4.78, 5) is 0. The largest absolute Gasteiger partial charge is 0.203 e. The minimum absolute atomic E-state index is 1.16. The molecule has 0 spiro atoms. The van der Waals surface area contributed by atoms with Crippen LogP contribution in [0.15, 0.2) is 0 Å². The third kappa shape index (κ3) is 1.21. The van der Waals surface area contributed by atoms with E-state index in [9.17, 15) is 35.1 Å². The standard InChI is InChI=1S/C12F8/c13-5-1-2(6(14)10(18)9(5)17)4-3(1)7(15)11(19)12(20)8(4)16. The Kier molecular flexibility index (Phi) is 2.39. The Morgan fingerprint density at radius 3 is 0.550 bits per heavy atom. The van der Waals surface area contributed by atoms with Crippen molar-refractivity contribution in [3.05, 3.63) is 46.5 Å². The van der Waals surface area contributed by atoms with Gasteiger partial charge in [-0.2, -0.15) is 0 Å². The predicted octanol–water partition coefficient (Wildman–Crippen LogP) is 4.45. The molecule has 0 aliphatic heterocycles. The molecule has 0 aromatic heterocycles. The second-order valence-corrected chi connectivity index (χ2v) is 4.01. The van der Waals surface area contributed by atoms with Crippen LogP contribution in [0.25, 0.3) is 22.3 Å². The maximum Gasteiger partial charge on any atom is 0.198 e. The fourth-order valence-corrected chi connectivity index (χ4v) is 2.14. The molecule has 1 aliphatic rings. The van der Waals surface area contributed by atoms with Gasteiger partial charge < -0.3 is 0 Å². The molecular formula is C12F8. The molecule has 1 aliphatic carbocycles. The van der Waals surface area contributed by atoms with Crippen molar-refractivity contribution in [3.8, 4) is 22.3 Å². The van der Waals surface area contributed by atoms with Crippen LogP contribution in [0.3, 0.4) is 0 Å². The first kappa shape index (κ1) is 12.9. The molecule has 20 heavy (non-hydrogen) atoms. The van der Waals surface area contributed by atoms with Crippen molar-refractivity contribution in [1.82, 2.24) is 0 Å². The normalized spacial score (nSPS) is 12.0. The van der Waals surface area contributed by atoms with Gasteiger partial charge in [-0.25, -0.2) is 35.1 Å². The molecule has 8 heteroatoms. The Labute approximate surface area is 105 Å². The zero-order chi connectivity index (χ0) is 14.9. The Hall–Kier alpha value is -2.12. The highest BCUT2D eigenvalue weighted by Gasteiger charge is 2.42. The highest BCUT2D eigenvalue weighted by molar-refractivity contribution is 6.03. The van der Waals surface area contributed by atoms with Crippen LogP contribution in [-0.2, 0) is 0 Å². The number of rotatable bonds is 0. The van der Waals surface area contributed by atoms with Gasteiger partial charge in [0.1, 0.15) is 0 Å². The molecule has 0 saturated carbocycles. The molecule has 0 amide bonds. The summed E-state index contributed by atoms with van der Waals surface area (Å²) in [7, 11) is 0. The maximum atomic E-state index is 13.4. The quantitative estimate of drug-likeness (QED) is 0.327. The van der Waals surface area contributed by atoms with Gasteiger partial charge in [0.25, 0.3) is 0 Å². The first-order chi connectivity index (χ1) is 9.29. The molecule has 0 N–H and O–H groups in total. The third-order valence-corrected chi connectivity index (χ3v) is 3.03. The van der Waals surface area contributed by atoms with Crippen LogP contribution in [-0.4, -0.2) is 0 Å². The van der Waals surface area contributed by atoms with Crippen LogP contribution in [0.4, 0.5) is 35.1 Å². The van der Waals surface area contributed by atoms with E-state index in [1.54, 1.807) is 0 Å². The Balaban J connectivity index is 2.49. The maximum absolute atomic E-state index is 13.4. The summed E-state index contributed by atoms with van der Waals surface area (Å²) in [6, 6.07) is 0. The van der Waals surface area contributed by atoms with Gasteiger partial charge in [0.05, 0.1) is 0 Å². The lowest BCUT2D eigenvalue weighted by Gasteiger charge is -2.26. The van der Waals surface area contributed by atoms with E-state index in [4.69, 9.17) is 0 Å². The van der Waals surface area contributed by atoms with Crippen LogP contribution in [0.1, 0.15) is 0 Å². The van der Waals surface area contributed by atoms with Crippen molar-refractivity contribution < 1.29 is 35.1 Å². The molecule has 0 nitrogen and oxygen atoms in total. The molecule has 104 valence electrons. The van der Waals surface area contributed by atoms with Gasteiger partial charge in [-0.1, -0.05) is 0 Å². The van der Waals surface area contributed by atoms with Gasteiger partial charge >= 0.3 is 0 Å². The van der Waals surface area contributed by atoms with Crippen molar-refractivity contribution in [2.24, 2.45) is 0 Å². The number of halogens is 8. The number of benzene rings is 2. The van der Waals surface area contributed by atoms with Crippen LogP contribution in [0.2, 0.25) is 0 Å². The van der Waals surface area contributed by atoms with Gasteiger partial charge in [0, 0.05) is 22.3 Å². The van der Waals surface area contributed by atoms with Gasteiger partial charge in [-0.15, -0.1) is 0 Å². The molecule has 2 aromatic rings. The molecule has 3 rings (SSSR count). The van der Waals surface area contributed by atoms with Crippen LogP contribution in [0.5, 0.6) is 0 Å². The lowest BCUT2D eigenvalue weighted by atomic mass is 9.78. The van der Waals surface area contributed by atoms with E-state index in [2.05, 4.69) is 0 Å². The second kappa shape index (κ2) is 3.71. The third-order valence-electron chi connectivity index (χ3n) is 3.03. The minimum atomic E-state index is -2.25. The number of fused-ring (bicyclic) bond motifs is 4. The highest BCUT2D eigenvalue weighted by atomic mass is 19.2. The SMILES string of the molecule is Fc1c(F)c(F)c2c(c1F)-c1c(F)c(F)c(F)c(F)c1-2. The molecule has 2 aromatic carbocycles. The minimum Gasteiger partial charge on any atom is -0.203 e. The molecule has 0 heterocycles. The highest BCUT2D eigenvalue weighted by Crippen LogP contribution is 2.54. The lowest BCUT2D eigenvalue weighted by Crippen LogP contribution is -2.16. The van der Waals surface area contributed by atoms with Crippen LogP contribution >= 0.6 is 0 Å². The van der Waals surface area contributed by atoms with E-state index in [0.29, 0.717) is 0 Å². The topological polar surface area (TPSA) is 0 Å². The second-order valence-electron chi connectivity index (χ2n) is 4.01. The molecule has 0 atom stereocenters. The van der Waals surface area contributed by atoms with Crippen molar-refractivity contribution >= 4 is 0 Å². The van der Waals surface area contributed by atoms with E-state index >= 15 is 0 Å². The Morgan fingerprint density at radius 1 is 0.250 bits per heavy atom. The lowest BCUT2D eigenvalue weighted by molar-refractivity contribution is 0.399. The van der Waals surface area contributed by atoms with Crippen molar-refractivity contribution in [1.29, 1.82) is 0 Å². The van der Waals surface area contributed by atoms with Crippen LogP contribution < -0.4 is 0 Å². The fourth-order valence-electron chi connectivity index (χ4n) is 2.14. The van der Waals surface area contributed by atoms with Crippen molar-refractivity contribution in [3.63, 3.8) is 0 Å². The first-order valence-corrected chi connectivity index (χ1v) is 5.01.